The second-order valence-electron chi connectivity index (χ2n) is 3.83. The van der Waals surface area contributed by atoms with Crippen LogP contribution in [0.5, 0.6) is 0 Å². The predicted molar refractivity (Wildman–Crippen MR) is 68.5 cm³/mol. The molecule has 0 saturated heterocycles. The third kappa shape index (κ3) is 3.48. The number of nitrogens with two attached hydrogens (primary N) is 1. The molecule has 2 rings (SSSR count). The summed E-state index contributed by atoms with van der Waals surface area (Å²) in [6, 6.07) is 0. The molecule has 0 unspecified atom stereocenters. The Morgan fingerprint density at radius 1 is 1.26 bits per heavy atom. The number of nitrogens with zero attached hydrogens (tertiary/aromatic N) is 6. The first kappa shape index (κ1) is 13.0. The second kappa shape index (κ2) is 5.91. The lowest BCUT2D eigenvalue weighted by atomic mass is 10.4. The fourth-order valence-electron chi connectivity index (χ4n) is 1.30. The van der Waals surface area contributed by atoms with E-state index in [9.17, 15) is 0 Å². The van der Waals surface area contributed by atoms with Crippen molar-refractivity contribution in [2.75, 3.05) is 36.3 Å². The lowest BCUT2D eigenvalue weighted by Gasteiger charge is -2.12. The third-order valence-electron chi connectivity index (χ3n) is 2.18. The molecule has 0 bridgehead atoms. The SMILES string of the molecule is CN(C)c1nc(NN)nc(NCCc2ncno2)n1. The summed E-state index contributed by atoms with van der Waals surface area (Å²) in [6.45, 7) is 0.559. The summed E-state index contributed by atoms with van der Waals surface area (Å²) in [5.74, 6) is 7.08. The van der Waals surface area contributed by atoms with Gasteiger partial charge in [0, 0.05) is 27.1 Å². The number of hydrogen-bond acceptors (Lipinski definition) is 10. The minimum absolute atomic E-state index is 0.291. The van der Waals surface area contributed by atoms with Crippen LogP contribution < -0.4 is 21.5 Å². The Bertz CT molecular complexity index is 512. The molecule has 0 aromatic carbocycles. The van der Waals surface area contributed by atoms with Gasteiger partial charge in [-0.25, -0.2) is 5.84 Å². The molecule has 0 spiro atoms. The molecular formula is C9H15N9O. The van der Waals surface area contributed by atoms with E-state index in [2.05, 4.69) is 35.8 Å². The first-order valence-electron chi connectivity index (χ1n) is 5.58. The highest BCUT2D eigenvalue weighted by molar-refractivity contribution is 5.42. The van der Waals surface area contributed by atoms with Gasteiger partial charge in [0.2, 0.25) is 23.7 Å². The summed E-state index contributed by atoms with van der Waals surface area (Å²) in [7, 11) is 3.66. The van der Waals surface area contributed by atoms with E-state index in [1.54, 1.807) is 4.90 Å². The van der Waals surface area contributed by atoms with Gasteiger partial charge in [-0.15, -0.1) is 0 Å². The molecule has 0 atom stereocenters. The topological polar surface area (TPSA) is 131 Å². The van der Waals surface area contributed by atoms with E-state index in [0.717, 1.165) is 0 Å². The Morgan fingerprint density at radius 3 is 2.68 bits per heavy atom. The molecule has 19 heavy (non-hydrogen) atoms. The Morgan fingerprint density at radius 2 is 2.05 bits per heavy atom. The van der Waals surface area contributed by atoms with E-state index in [0.29, 0.717) is 36.7 Å². The Hall–Kier alpha value is -2.49. The van der Waals surface area contributed by atoms with E-state index < -0.39 is 0 Å². The standard InChI is InChI=1S/C9H15N9O/c1-18(2)9-15-7(14-8(16-9)17-10)11-4-3-6-12-5-13-19-6/h5H,3-4,10H2,1-2H3,(H2,11,14,15,16,17). The van der Waals surface area contributed by atoms with Crippen molar-refractivity contribution < 1.29 is 4.52 Å². The smallest absolute Gasteiger partial charge is 0.243 e. The van der Waals surface area contributed by atoms with Crippen LogP contribution >= 0.6 is 0 Å². The molecule has 0 fully saturated rings. The number of rotatable bonds is 6. The van der Waals surface area contributed by atoms with Gasteiger partial charge in [0.05, 0.1) is 0 Å². The van der Waals surface area contributed by atoms with Gasteiger partial charge in [-0.2, -0.15) is 19.9 Å². The highest BCUT2D eigenvalue weighted by atomic mass is 16.5. The molecular weight excluding hydrogens is 250 g/mol. The molecule has 4 N–H and O–H groups in total. The van der Waals surface area contributed by atoms with Crippen LogP contribution in [0.3, 0.4) is 0 Å². The maximum Gasteiger partial charge on any atom is 0.243 e. The maximum absolute atomic E-state index is 5.31. The van der Waals surface area contributed by atoms with Crippen molar-refractivity contribution in [3.8, 4) is 0 Å². The number of nitrogens with one attached hydrogen (secondary N) is 2. The van der Waals surface area contributed by atoms with Gasteiger partial charge in [0.15, 0.2) is 6.33 Å². The molecule has 10 heteroatoms. The molecule has 0 aliphatic carbocycles. The van der Waals surface area contributed by atoms with Crippen molar-refractivity contribution in [2.24, 2.45) is 5.84 Å². The minimum Gasteiger partial charge on any atom is -0.354 e. The van der Waals surface area contributed by atoms with Crippen LogP contribution in [0.2, 0.25) is 0 Å². The van der Waals surface area contributed by atoms with Crippen LogP contribution in [-0.2, 0) is 6.42 Å². The van der Waals surface area contributed by atoms with Crippen molar-refractivity contribution in [3.05, 3.63) is 12.2 Å². The summed E-state index contributed by atoms with van der Waals surface area (Å²) in [5, 5.41) is 6.56. The van der Waals surface area contributed by atoms with Crippen molar-refractivity contribution in [3.63, 3.8) is 0 Å². The molecule has 0 radical (unpaired) electrons. The van der Waals surface area contributed by atoms with Crippen molar-refractivity contribution in [1.29, 1.82) is 0 Å². The predicted octanol–water partition coefficient (Wildman–Crippen LogP) is -0.739. The lowest BCUT2D eigenvalue weighted by molar-refractivity contribution is 0.379. The Balaban J connectivity index is 2.00. The molecule has 2 aromatic rings. The van der Waals surface area contributed by atoms with Crippen LogP contribution in [0.15, 0.2) is 10.9 Å². The monoisotopic (exact) mass is 265 g/mol. The van der Waals surface area contributed by atoms with Gasteiger partial charge < -0.3 is 14.7 Å². The molecule has 0 aliphatic heterocycles. The maximum atomic E-state index is 5.31. The third-order valence-corrected chi connectivity index (χ3v) is 2.18. The van der Waals surface area contributed by atoms with E-state index in [-0.39, 0.29) is 0 Å². The van der Waals surface area contributed by atoms with E-state index >= 15 is 0 Å². The summed E-state index contributed by atoms with van der Waals surface area (Å²) < 4.78 is 4.88. The average Bonchev–Trinajstić information content (AvgIpc) is 2.91. The molecule has 10 nitrogen and oxygen atoms in total. The molecule has 0 aliphatic rings. The van der Waals surface area contributed by atoms with Crippen molar-refractivity contribution >= 4 is 17.8 Å². The summed E-state index contributed by atoms with van der Waals surface area (Å²) in [6.07, 6.45) is 1.94. The molecule has 2 heterocycles. The van der Waals surface area contributed by atoms with E-state index in [1.165, 1.54) is 6.33 Å². The zero-order valence-corrected chi connectivity index (χ0v) is 10.7. The fraction of sp³-hybridized carbons (Fsp3) is 0.444. The second-order valence-corrected chi connectivity index (χ2v) is 3.83. The number of hydrogen-bond donors (Lipinski definition) is 3. The normalized spacial score (nSPS) is 10.3. The molecule has 2 aromatic heterocycles. The number of nitrogen functional groups attached to an aromatic ring is 1. The summed E-state index contributed by atoms with van der Waals surface area (Å²) >= 11 is 0. The van der Waals surface area contributed by atoms with Gasteiger partial charge in [-0.1, -0.05) is 5.16 Å². The quantitative estimate of drug-likeness (QED) is 0.453. The van der Waals surface area contributed by atoms with Crippen LogP contribution in [0.25, 0.3) is 0 Å². The summed E-state index contributed by atoms with van der Waals surface area (Å²) in [5.41, 5.74) is 2.40. The number of anilines is 3. The van der Waals surface area contributed by atoms with Crippen LogP contribution in [0.4, 0.5) is 17.8 Å². The molecule has 0 saturated carbocycles. The first-order chi connectivity index (χ1) is 9.19. The average molecular weight is 265 g/mol. The van der Waals surface area contributed by atoms with Crippen LogP contribution in [-0.4, -0.2) is 45.7 Å². The van der Waals surface area contributed by atoms with Gasteiger partial charge >= 0.3 is 0 Å². The fourth-order valence-corrected chi connectivity index (χ4v) is 1.30. The minimum atomic E-state index is 0.291. The van der Waals surface area contributed by atoms with Gasteiger partial charge in [-0.3, -0.25) is 5.43 Å². The zero-order valence-electron chi connectivity index (χ0n) is 10.7. The van der Waals surface area contributed by atoms with Crippen molar-refractivity contribution in [1.82, 2.24) is 25.1 Å². The number of aromatic nitrogens is 5. The zero-order chi connectivity index (χ0) is 13.7. The highest BCUT2D eigenvalue weighted by Gasteiger charge is 2.07. The highest BCUT2D eigenvalue weighted by Crippen LogP contribution is 2.10. The van der Waals surface area contributed by atoms with E-state index in [4.69, 9.17) is 10.4 Å². The van der Waals surface area contributed by atoms with Crippen molar-refractivity contribution in [2.45, 2.75) is 6.42 Å². The van der Waals surface area contributed by atoms with Crippen LogP contribution in [0.1, 0.15) is 5.89 Å². The van der Waals surface area contributed by atoms with E-state index in [1.807, 2.05) is 14.1 Å². The molecule has 102 valence electrons. The molecule has 0 amide bonds. The Labute approximate surface area is 109 Å². The number of hydrazine groups is 1. The Kier molecular flexibility index (Phi) is 4.03. The van der Waals surface area contributed by atoms with Gasteiger partial charge in [-0.05, 0) is 0 Å². The van der Waals surface area contributed by atoms with Crippen LogP contribution in [0, 0.1) is 0 Å². The van der Waals surface area contributed by atoms with Gasteiger partial charge in [0.1, 0.15) is 0 Å². The summed E-state index contributed by atoms with van der Waals surface area (Å²) in [4.78, 5) is 18.1. The first-order valence-corrected chi connectivity index (χ1v) is 5.58. The lowest BCUT2D eigenvalue weighted by Crippen LogP contribution is -2.19. The largest absolute Gasteiger partial charge is 0.354 e. The van der Waals surface area contributed by atoms with Gasteiger partial charge in [0.25, 0.3) is 0 Å².